The van der Waals surface area contributed by atoms with Gasteiger partial charge < -0.3 is 5.73 Å². The molecule has 0 unspecified atom stereocenters. The highest BCUT2D eigenvalue weighted by molar-refractivity contribution is 6.08. The molecular weight excluding hydrogens is 460 g/mol. The van der Waals surface area contributed by atoms with Crippen molar-refractivity contribution in [1.82, 2.24) is 4.90 Å². The van der Waals surface area contributed by atoms with Crippen molar-refractivity contribution >= 4 is 21.5 Å². The first-order valence-electron chi connectivity index (χ1n) is 13.4. The Hall–Kier alpha value is -4.24. The lowest BCUT2D eigenvalue weighted by Gasteiger charge is -2.36. The zero-order valence-corrected chi connectivity index (χ0v) is 21.3. The Morgan fingerprint density at radius 3 is 1.45 bits per heavy atom. The van der Waals surface area contributed by atoms with E-state index in [2.05, 4.69) is 138 Å². The lowest BCUT2D eigenvalue weighted by atomic mass is 9.88. The minimum absolute atomic E-state index is 0.0235. The first kappa shape index (κ1) is 22.9. The van der Waals surface area contributed by atoms with E-state index in [-0.39, 0.29) is 12.1 Å². The fourth-order valence-corrected chi connectivity index (χ4v) is 6.33. The molecule has 1 aliphatic rings. The number of fused-ring (bicyclic) bond motifs is 7. The molecule has 0 bridgehead atoms. The molecule has 38 heavy (non-hydrogen) atoms. The molecule has 2 nitrogen and oxygen atoms in total. The van der Waals surface area contributed by atoms with E-state index in [0.29, 0.717) is 0 Å². The van der Waals surface area contributed by atoms with Gasteiger partial charge in [0.15, 0.2) is 0 Å². The first-order chi connectivity index (χ1) is 18.8. The molecule has 0 fully saturated rings. The Kier molecular flexibility index (Phi) is 5.77. The highest BCUT2D eigenvalue weighted by Gasteiger charge is 2.32. The van der Waals surface area contributed by atoms with Gasteiger partial charge >= 0.3 is 0 Å². The van der Waals surface area contributed by atoms with E-state index in [1.807, 2.05) is 0 Å². The van der Waals surface area contributed by atoms with E-state index in [4.69, 9.17) is 5.73 Å². The van der Waals surface area contributed by atoms with Gasteiger partial charge in [-0.2, -0.15) is 0 Å². The van der Waals surface area contributed by atoms with E-state index in [1.165, 1.54) is 49.4 Å². The third-order valence-electron chi connectivity index (χ3n) is 8.09. The number of nitrogens with two attached hydrogens (primary N) is 1. The van der Waals surface area contributed by atoms with Crippen molar-refractivity contribution in [2.24, 2.45) is 5.73 Å². The Morgan fingerprint density at radius 2 is 0.921 bits per heavy atom. The highest BCUT2D eigenvalue weighted by Crippen LogP contribution is 2.45. The minimum atomic E-state index is -0.162. The van der Waals surface area contributed by atoms with Gasteiger partial charge in [-0.3, -0.25) is 4.90 Å². The van der Waals surface area contributed by atoms with Crippen molar-refractivity contribution < 1.29 is 0 Å². The number of hydrogen-bond acceptors (Lipinski definition) is 2. The largest absolute Gasteiger partial charge is 0.322 e. The molecule has 0 aromatic heterocycles. The summed E-state index contributed by atoms with van der Waals surface area (Å²) in [6, 6.07) is 48.0. The highest BCUT2D eigenvalue weighted by atomic mass is 15.2. The van der Waals surface area contributed by atoms with E-state index < -0.39 is 0 Å². The minimum Gasteiger partial charge on any atom is -0.322 e. The summed E-state index contributed by atoms with van der Waals surface area (Å²) in [6.45, 7) is 1.65. The summed E-state index contributed by atoms with van der Waals surface area (Å²) < 4.78 is 0. The van der Waals surface area contributed by atoms with Crippen LogP contribution in [0, 0.1) is 0 Å². The second-order valence-electron chi connectivity index (χ2n) is 10.3. The van der Waals surface area contributed by atoms with E-state index in [0.717, 1.165) is 18.7 Å². The van der Waals surface area contributed by atoms with Crippen LogP contribution in [0.15, 0.2) is 133 Å². The predicted octanol–water partition coefficient (Wildman–Crippen LogP) is 8.42. The van der Waals surface area contributed by atoms with Crippen LogP contribution in [0.4, 0.5) is 0 Å². The van der Waals surface area contributed by atoms with Crippen LogP contribution in [0.5, 0.6) is 0 Å². The maximum atomic E-state index is 7.13. The molecule has 0 spiro atoms. The standard InChI is InChI=1S/C36H30N2/c37-35(27-13-3-1-4-14-27)36(28-15-5-2-6-16-28)38-23-29-21-19-25-11-7-9-17-31(25)33(29)34-30(24-38)22-20-26-12-8-10-18-32(26)34/h1-22,35-36H,23-24,37H2/t35-,36-/m0/s1. The Morgan fingerprint density at radius 1 is 0.474 bits per heavy atom. The van der Waals surface area contributed by atoms with Crippen molar-refractivity contribution in [2.45, 2.75) is 25.2 Å². The van der Waals surface area contributed by atoms with Crippen molar-refractivity contribution in [3.05, 3.63) is 156 Å². The average Bonchev–Trinajstić information content (AvgIpc) is 3.15. The smallest absolute Gasteiger partial charge is 0.0548 e. The number of nitrogens with zero attached hydrogens (tertiary/aromatic N) is 1. The molecule has 2 heteroatoms. The van der Waals surface area contributed by atoms with Crippen molar-refractivity contribution in [1.29, 1.82) is 0 Å². The van der Waals surface area contributed by atoms with E-state index >= 15 is 0 Å². The molecule has 0 amide bonds. The predicted molar refractivity (Wildman–Crippen MR) is 159 cm³/mol. The molecule has 2 N–H and O–H groups in total. The lowest BCUT2D eigenvalue weighted by molar-refractivity contribution is 0.155. The van der Waals surface area contributed by atoms with E-state index in [1.54, 1.807) is 0 Å². The van der Waals surface area contributed by atoms with Crippen LogP contribution in [-0.2, 0) is 13.1 Å². The zero-order valence-electron chi connectivity index (χ0n) is 21.3. The summed E-state index contributed by atoms with van der Waals surface area (Å²) in [7, 11) is 0. The molecule has 1 aliphatic heterocycles. The van der Waals surface area contributed by atoms with Gasteiger partial charge in [-0.1, -0.05) is 133 Å². The number of rotatable bonds is 4. The summed E-state index contributed by atoms with van der Waals surface area (Å²) in [4.78, 5) is 2.58. The van der Waals surface area contributed by atoms with Crippen molar-refractivity contribution in [2.75, 3.05) is 0 Å². The van der Waals surface area contributed by atoms with Gasteiger partial charge in [0.1, 0.15) is 0 Å². The Bertz CT molecular complexity index is 1650. The molecule has 0 aliphatic carbocycles. The second kappa shape index (κ2) is 9.57. The van der Waals surface area contributed by atoms with Gasteiger partial charge in [0.25, 0.3) is 0 Å². The monoisotopic (exact) mass is 490 g/mol. The molecule has 1 heterocycles. The molecule has 6 aromatic rings. The molecule has 184 valence electrons. The topological polar surface area (TPSA) is 29.3 Å². The van der Waals surface area contributed by atoms with Crippen LogP contribution in [0.1, 0.15) is 34.3 Å². The molecule has 6 aromatic carbocycles. The third kappa shape index (κ3) is 3.90. The van der Waals surface area contributed by atoms with Crippen molar-refractivity contribution in [3.63, 3.8) is 0 Å². The average molecular weight is 491 g/mol. The van der Waals surface area contributed by atoms with Crippen LogP contribution < -0.4 is 5.73 Å². The molecule has 0 saturated carbocycles. The van der Waals surface area contributed by atoms with Gasteiger partial charge in [0.05, 0.1) is 6.04 Å². The van der Waals surface area contributed by atoms with Crippen molar-refractivity contribution in [3.8, 4) is 11.1 Å². The van der Waals surface area contributed by atoms with Gasteiger partial charge in [0, 0.05) is 19.1 Å². The van der Waals surface area contributed by atoms with Crippen LogP contribution in [-0.4, -0.2) is 4.90 Å². The molecule has 7 rings (SSSR count). The molecule has 0 saturated heterocycles. The SMILES string of the molecule is N[C@@H](c1ccccc1)[C@H](c1ccccc1)N1Cc2ccc3ccccc3c2-c2c(ccc3ccccc23)C1. The lowest BCUT2D eigenvalue weighted by Crippen LogP contribution is -2.35. The normalized spacial score (nSPS) is 15.0. The second-order valence-corrected chi connectivity index (χ2v) is 10.3. The van der Waals surface area contributed by atoms with Crippen LogP contribution in [0.2, 0.25) is 0 Å². The Balaban J connectivity index is 1.48. The fourth-order valence-electron chi connectivity index (χ4n) is 6.33. The molecule has 0 radical (unpaired) electrons. The summed E-state index contributed by atoms with van der Waals surface area (Å²) in [5.41, 5.74) is 14.9. The number of benzene rings is 6. The molecule has 2 atom stereocenters. The maximum absolute atomic E-state index is 7.13. The summed E-state index contributed by atoms with van der Waals surface area (Å²) in [6.07, 6.45) is 0. The fraction of sp³-hybridized carbons (Fsp3) is 0.111. The van der Waals surface area contributed by atoms with E-state index in [9.17, 15) is 0 Å². The van der Waals surface area contributed by atoms with Gasteiger partial charge in [-0.15, -0.1) is 0 Å². The Labute approximate surface area is 224 Å². The third-order valence-corrected chi connectivity index (χ3v) is 8.09. The van der Waals surface area contributed by atoms with Gasteiger partial charge in [-0.05, 0) is 54.9 Å². The van der Waals surface area contributed by atoms with Gasteiger partial charge in [0.2, 0.25) is 0 Å². The van der Waals surface area contributed by atoms with Crippen LogP contribution in [0.25, 0.3) is 32.7 Å². The van der Waals surface area contributed by atoms with Crippen LogP contribution >= 0.6 is 0 Å². The summed E-state index contributed by atoms with van der Waals surface area (Å²) in [5, 5.41) is 5.18. The molecular formula is C36H30N2. The summed E-state index contributed by atoms with van der Waals surface area (Å²) in [5.74, 6) is 0. The first-order valence-corrected chi connectivity index (χ1v) is 13.4. The van der Waals surface area contributed by atoms with Gasteiger partial charge in [-0.25, -0.2) is 0 Å². The maximum Gasteiger partial charge on any atom is 0.0548 e. The summed E-state index contributed by atoms with van der Waals surface area (Å²) >= 11 is 0. The zero-order chi connectivity index (χ0) is 25.5. The number of hydrogen-bond donors (Lipinski definition) is 1. The quantitative estimate of drug-likeness (QED) is 0.269. The van der Waals surface area contributed by atoms with Crippen LogP contribution in [0.3, 0.4) is 0 Å².